The number of likely N-dealkylation sites (N-methyl/N-ethyl adjacent to an activating group) is 1. The Labute approximate surface area is 225 Å². The molecular formula is C29H37N7O2. The van der Waals surface area contributed by atoms with Crippen molar-refractivity contribution in [2.75, 3.05) is 51.8 Å². The molecule has 2 atom stereocenters. The van der Waals surface area contributed by atoms with E-state index >= 15 is 0 Å². The molecule has 1 aromatic heterocycles. The minimum Gasteiger partial charge on any atom is -0.462 e. The Hall–Kier alpha value is -3.48. The van der Waals surface area contributed by atoms with Crippen LogP contribution in [0.4, 0.5) is 5.82 Å². The van der Waals surface area contributed by atoms with E-state index in [4.69, 9.17) is 14.7 Å². The Morgan fingerprint density at radius 3 is 2.68 bits per heavy atom. The van der Waals surface area contributed by atoms with Crippen molar-refractivity contribution >= 4 is 11.7 Å². The Morgan fingerprint density at radius 1 is 1.24 bits per heavy atom. The number of anilines is 1. The largest absolute Gasteiger partial charge is 0.462 e. The fraction of sp³-hybridized carbons (Fsp3) is 0.517. The van der Waals surface area contributed by atoms with Crippen LogP contribution in [0.15, 0.2) is 36.9 Å². The highest BCUT2D eigenvalue weighted by Gasteiger charge is 2.35. The quantitative estimate of drug-likeness (QED) is 0.496. The third-order valence-electron chi connectivity index (χ3n) is 7.93. The van der Waals surface area contributed by atoms with Crippen molar-refractivity contribution < 1.29 is 9.53 Å². The number of hydrogen-bond acceptors (Lipinski definition) is 8. The van der Waals surface area contributed by atoms with E-state index in [-0.39, 0.29) is 18.4 Å². The van der Waals surface area contributed by atoms with Crippen LogP contribution in [0.1, 0.15) is 35.2 Å². The summed E-state index contributed by atoms with van der Waals surface area (Å²) in [5, 5.41) is 9.44. The lowest BCUT2D eigenvalue weighted by Crippen LogP contribution is -2.55. The molecule has 3 aliphatic rings. The van der Waals surface area contributed by atoms with Gasteiger partial charge in [-0.3, -0.25) is 9.69 Å². The summed E-state index contributed by atoms with van der Waals surface area (Å²) < 4.78 is 6.04. The summed E-state index contributed by atoms with van der Waals surface area (Å²) in [5.74, 6) is 0.767. The maximum Gasteiger partial charge on any atom is 0.318 e. The molecule has 0 spiro atoms. The maximum absolute atomic E-state index is 12.4. The van der Waals surface area contributed by atoms with Gasteiger partial charge in [-0.1, -0.05) is 30.8 Å². The molecule has 2 aliphatic heterocycles. The summed E-state index contributed by atoms with van der Waals surface area (Å²) in [6, 6.07) is 11.6. The molecule has 1 amide bonds. The number of carbonyl (C=O) groups is 1. The molecule has 0 saturated carbocycles. The van der Waals surface area contributed by atoms with E-state index in [0.717, 1.165) is 50.4 Å². The lowest BCUT2D eigenvalue weighted by Gasteiger charge is -2.42. The van der Waals surface area contributed by atoms with Crippen molar-refractivity contribution in [3.63, 3.8) is 0 Å². The van der Waals surface area contributed by atoms with E-state index in [9.17, 15) is 10.1 Å². The topological polar surface area (TPSA) is 88.8 Å². The van der Waals surface area contributed by atoms with Gasteiger partial charge in [0.05, 0.1) is 24.2 Å². The zero-order chi connectivity index (χ0) is 26.6. The number of rotatable bonds is 8. The minimum atomic E-state index is -0.206. The summed E-state index contributed by atoms with van der Waals surface area (Å²) in [4.78, 5) is 30.9. The lowest BCUT2D eigenvalue weighted by molar-refractivity contribution is -0.128. The first kappa shape index (κ1) is 26.1. The Morgan fingerprint density at radius 2 is 2.00 bits per heavy atom. The second-order valence-electron chi connectivity index (χ2n) is 10.7. The van der Waals surface area contributed by atoms with Gasteiger partial charge in [-0.2, -0.15) is 15.2 Å². The Bertz CT molecular complexity index is 1200. The molecule has 2 aromatic rings. The third kappa shape index (κ3) is 5.52. The first-order valence-electron chi connectivity index (χ1n) is 13.5. The second-order valence-corrected chi connectivity index (χ2v) is 10.7. The molecule has 1 fully saturated rings. The van der Waals surface area contributed by atoms with Crippen molar-refractivity contribution in [2.45, 2.75) is 50.9 Å². The molecular weight excluding hydrogens is 478 g/mol. The fourth-order valence-electron chi connectivity index (χ4n) is 5.87. The van der Waals surface area contributed by atoms with Crippen LogP contribution in [-0.4, -0.2) is 89.5 Å². The molecule has 5 rings (SSSR count). The number of nitriles is 1. The number of benzene rings is 1. The average Bonchev–Trinajstić information content (AvgIpc) is 3.36. The van der Waals surface area contributed by atoms with Crippen LogP contribution in [0.2, 0.25) is 0 Å². The number of hydrogen-bond donors (Lipinski definition) is 0. The molecule has 3 heterocycles. The van der Waals surface area contributed by atoms with Gasteiger partial charge in [0.2, 0.25) is 5.91 Å². The summed E-state index contributed by atoms with van der Waals surface area (Å²) in [6.45, 7) is 8.61. The van der Waals surface area contributed by atoms with Gasteiger partial charge in [-0.05, 0) is 44.1 Å². The van der Waals surface area contributed by atoms with Crippen LogP contribution in [0.3, 0.4) is 0 Å². The normalized spacial score (nSPS) is 21.1. The first-order chi connectivity index (χ1) is 18.5. The van der Waals surface area contributed by atoms with E-state index in [2.05, 4.69) is 51.6 Å². The van der Waals surface area contributed by atoms with Gasteiger partial charge < -0.3 is 19.4 Å². The smallest absolute Gasteiger partial charge is 0.318 e. The molecule has 1 unspecified atom stereocenters. The van der Waals surface area contributed by atoms with E-state index in [1.165, 1.54) is 22.8 Å². The van der Waals surface area contributed by atoms with Gasteiger partial charge in [-0.25, -0.2) is 0 Å². The van der Waals surface area contributed by atoms with Crippen molar-refractivity contribution in [2.24, 2.45) is 0 Å². The highest BCUT2D eigenvalue weighted by molar-refractivity contribution is 5.87. The number of fused-ring (bicyclic) bond motifs is 2. The van der Waals surface area contributed by atoms with Gasteiger partial charge in [-0.15, -0.1) is 0 Å². The van der Waals surface area contributed by atoms with Crippen LogP contribution in [-0.2, 0) is 30.7 Å². The molecule has 38 heavy (non-hydrogen) atoms. The van der Waals surface area contributed by atoms with Crippen molar-refractivity contribution in [3.8, 4) is 12.1 Å². The van der Waals surface area contributed by atoms with Gasteiger partial charge in [0, 0.05) is 57.3 Å². The van der Waals surface area contributed by atoms with Crippen LogP contribution in [0, 0.1) is 11.3 Å². The number of nitrogens with zero attached hydrogens (tertiary/aromatic N) is 7. The van der Waals surface area contributed by atoms with Crippen molar-refractivity contribution in [3.05, 3.63) is 59.3 Å². The number of aromatic nitrogens is 2. The molecule has 0 radical (unpaired) electrons. The van der Waals surface area contributed by atoms with Crippen LogP contribution >= 0.6 is 0 Å². The zero-order valence-corrected chi connectivity index (χ0v) is 22.5. The summed E-state index contributed by atoms with van der Waals surface area (Å²) in [6.07, 6.45) is 4.41. The SMILES string of the molecule is C=CC(=O)N1CCN(c2nc(OCCN(C)C)nc3c2CCC(N2Cc4ccccc4C2)C3)C[C@@H]1CC#N. The number of amides is 1. The highest BCUT2D eigenvalue weighted by Crippen LogP contribution is 2.35. The molecule has 0 bridgehead atoms. The summed E-state index contributed by atoms with van der Waals surface area (Å²) in [5.41, 5.74) is 5.08. The van der Waals surface area contributed by atoms with Gasteiger partial charge >= 0.3 is 6.01 Å². The van der Waals surface area contributed by atoms with E-state index in [1.807, 2.05) is 14.1 Å². The summed E-state index contributed by atoms with van der Waals surface area (Å²) in [7, 11) is 4.03. The molecule has 9 heteroatoms. The predicted molar refractivity (Wildman–Crippen MR) is 146 cm³/mol. The van der Waals surface area contributed by atoms with Crippen LogP contribution in [0.25, 0.3) is 0 Å². The van der Waals surface area contributed by atoms with E-state index in [0.29, 0.717) is 38.3 Å². The zero-order valence-electron chi connectivity index (χ0n) is 22.5. The monoisotopic (exact) mass is 515 g/mol. The molecule has 200 valence electrons. The van der Waals surface area contributed by atoms with Crippen LogP contribution < -0.4 is 9.64 Å². The molecule has 1 saturated heterocycles. The second kappa shape index (κ2) is 11.5. The average molecular weight is 516 g/mol. The third-order valence-corrected chi connectivity index (χ3v) is 7.93. The molecule has 1 aromatic carbocycles. The van der Waals surface area contributed by atoms with Gasteiger partial charge in [0.15, 0.2) is 0 Å². The van der Waals surface area contributed by atoms with Crippen LogP contribution in [0.5, 0.6) is 6.01 Å². The standard InChI is InChI=1S/C29H37N7O2/c1-4-27(37)36-14-13-34(20-24(36)11-12-30)28-25-10-9-23(35-18-21-7-5-6-8-22(21)19-35)17-26(25)31-29(32-28)38-16-15-33(2)3/h4-8,23-24H,1,9-11,13-20H2,2-3H3/t23?,24-/m0/s1. The minimum absolute atomic E-state index is 0.128. The molecule has 0 N–H and O–H groups in total. The summed E-state index contributed by atoms with van der Waals surface area (Å²) >= 11 is 0. The fourth-order valence-corrected chi connectivity index (χ4v) is 5.87. The highest BCUT2D eigenvalue weighted by atomic mass is 16.5. The first-order valence-corrected chi connectivity index (χ1v) is 13.5. The van der Waals surface area contributed by atoms with Crippen molar-refractivity contribution in [1.29, 1.82) is 5.26 Å². The van der Waals surface area contributed by atoms with Gasteiger partial charge in [0.1, 0.15) is 12.4 Å². The van der Waals surface area contributed by atoms with Gasteiger partial charge in [0.25, 0.3) is 0 Å². The Kier molecular flexibility index (Phi) is 7.91. The molecule has 9 nitrogen and oxygen atoms in total. The van der Waals surface area contributed by atoms with E-state index in [1.54, 1.807) is 4.90 Å². The van der Waals surface area contributed by atoms with Crippen molar-refractivity contribution in [1.82, 2.24) is 24.7 Å². The number of carbonyl (C=O) groups excluding carboxylic acids is 1. The predicted octanol–water partition coefficient (Wildman–Crippen LogP) is 2.41. The maximum atomic E-state index is 12.4. The number of piperazine rings is 1. The lowest BCUT2D eigenvalue weighted by atomic mass is 9.90. The molecule has 1 aliphatic carbocycles. The number of ether oxygens (including phenoxy) is 1. The van der Waals surface area contributed by atoms with E-state index < -0.39 is 0 Å². The Balaban J connectivity index is 1.40.